The number of hydrogen-bond donors (Lipinski definition) is 1. The predicted octanol–water partition coefficient (Wildman–Crippen LogP) is 5.92. The Kier molecular flexibility index (Phi) is 21.9. The molecule has 0 aliphatic rings. The monoisotopic (exact) mass is 379 g/mol. The Labute approximate surface area is 158 Å². The lowest BCUT2D eigenvalue weighted by molar-refractivity contribution is 0.389. The number of hydrogen-bond acceptors (Lipinski definition) is 3. The fourth-order valence-electron chi connectivity index (χ4n) is 2.63. The standard InChI is InChI=1S/C14H31N.C6H14O3S/c1-4-5-6-7-8-9-10-11-12-13-14-15(2)3;1-2-3-4-5-6-10(7,8)9/h4-14H2,1-3H3;2-6H2,1H3,(H,7,8,9). The van der Waals surface area contributed by atoms with Gasteiger partial charge in [0.05, 0.1) is 5.75 Å². The number of rotatable bonds is 16. The third kappa shape index (κ3) is 32.1. The lowest BCUT2D eigenvalue weighted by Crippen LogP contribution is -2.12. The Morgan fingerprint density at radius 3 is 1.36 bits per heavy atom. The molecule has 1 N–H and O–H groups in total. The number of nitrogens with zero attached hydrogens (tertiary/aromatic N) is 1. The summed E-state index contributed by atoms with van der Waals surface area (Å²) < 4.78 is 28.6. The Hall–Kier alpha value is -0.130. The van der Waals surface area contributed by atoms with Gasteiger partial charge in [-0.3, -0.25) is 4.55 Å². The van der Waals surface area contributed by atoms with Crippen LogP contribution in [0.4, 0.5) is 0 Å². The van der Waals surface area contributed by atoms with E-state index in [0.717, 1.165) is 19.3 Å². The maximum absolute atomic E-state index is 10.1. The van der Waals surface area contributed by atoms with Gasteiger partial charge in [0.25, 0.3) is 10.1 Å². The normalized spacial score (nSPS) is 11.4. The summed E-state index contributed by atoms with van der Waals surface area (Å²) in [6.45, 7) is 5.59. The van der Waals surface area contributed by atoms with Gasteiger partial charge in [-0.15, -0.1) is 0 Å². The Morgan fingerprint density at radius 2 is 1.00 bits per heavy atom. The molecule has 5 heteroatoms. The summed E-state index contributed by atoms with van der Waals surface area (Å²) in [6.07, 6.45) is 17.9. The minimum absolute atomic E-state index is 0.0903. The lowest BCUT2D eigenvalue weighted by atomic mass is 10.1. The summed E-state index contributed by atoms with van der Waals surface area (Å²) in [6, 6.07) is 0. The van der Waals surface area contributed by atoms with Crippen molar-refractivity contribution in [3.63, 3.8) is 0 Å². The first-order chi connectivity index (χ1) is 11.8. The molecule has 0 saturated carbocycles. The van der Waals surface area contributed by atoms with E-state index in [2.05, 4.69) is 25.9 Å². The lowest BCUT2D eigenvalue weighted by Gasteiger charge is -2.08. The van der Waals surface area contributed by atoms with E-state index in [9.17, 15) is 8.42 Å². The zero-order valence-electron chi connectivity index (χ0n) is 17.4. The van der Waals surface area contributed by atoms with Crippen molar-refractivity contribution in [2.24, 2.45) is 0 Å². The first kappa shape index (κ1) is 27.1. The summed E-state index contributed by atoms with van der Waals surface area (Å²) in [5.74, 6) is -0.0903. The van der Waals surface area contributed by atoms with Gasteiger partial charge in [-0.25, -0.2) is 0 Å². The van der Waals surface area contributed by atoms with Crippen LogP contribution in [0.1, 0.15) is 104 Å². The third-order valence-electron chi connectivity index (χ3n) is 4.21. The second kappa shape index (κ2) is 20.2. The molecule has 0 aromatic heterocycles. The van der Waals surface area contributed by atoms with Crippen LogP contribution in [0, 0.1) is 0 Å². The molecule has 0 saturated heterocycles. The van der Waals surface area contributed by atoms with E-state index in [-0.39, 0.29) is 5.75 Å². The van der Waals surface area contributed by atoms with Crippen molar-refractivity contribution in [3.05, 3.63) is 0 Å². The van der Waals surface area contributed by atoms with Crippen molar-refractivity contribution in [1.29, 1.82) is 0 Å². The second-order valence-electron chi connectivity index (χ2n) is 7.33. The molecule has 0 amide bonds. The van der Waals surface area contributed by atoms with Gasteiger partial charge in [-0.1, -0.05) is 90.9 Å². The molecule has 0 aliphatic carbocycles. The molecule has 0 aromatic rings. The average Bonchev–Trinajstić information content (AvgIpc) is 2.53. The van der Waals surface area contributed by atoms with Crippen molar-refractivity contribution in [2.75, 3.05) is 26.4 Å². The predicted molar refractivity (Wildman–Crippen MR) is 111 cm³/mol. The highest BCUT2D eigenvalue weighted by Crippen LogP contribution is 2.10. The number of unbranched alkanes of at least 4 members (excludes halogenated alkanes) is 12. The van der Waals surface area contributed by atoms with Crippen LogP contribution in [-0.2, 0) is 10.1 Å². The van der Waals surface area contributed by atoms with Crippen LogP contribution in [0.15, 0.2) is 0 Å². The van der Waals surface area contributed by atoms with Crippen LogP contribution in [0.25, 0.3) is 0 Å². The van der Waals surface area contributed by atoms with E-state index in [4.69, 9.17) is 4.55 Å². The van der Waals surface area contributed by atoms with Gasteiger partial charge in [0.15, 0.2) is 0 Å². The smallest absolute Gasteiger partial charge is 0.264 e. The van der Waals surface area contributed by atoms with Crippen molar-refractivity contribution in [1.82, 2.24) is 4.90 Å². The minimum Gasteiger partial charge on any atom is -0.309 e. The zero-order valence-corrected chi connectivity index (χ0v) is 18.2. The second-order valence-corrected chi connectivity index (χ2v) is 8.90. The molecule has 0 spiro atoms. The fourth-order valence-corrected chi connectivity index (χ4v) is 3.20. The van der Waals surface area contributed by atoms with E-state index in [1.807, 2.05) is 6.92 Å². The van der Waals surface area contributed by atoms with Crippen LogP contribution in [0.3, 0.4) is 0 Å². The van der Waals surface area contributed by atoms with E-state index < -0.39 is 10.1 Å². The van der Waals surface area contributed by atoms with E-state index in [0.29, 0.717) is 6.42 Å². The molecule has 0 bridgehead atoms. The molecule has 0 unspecified atom stereocenters. The summed E-state index contributed by atoms with van der Waals surface area (Å²) in [7, 11) is 0.616. The first-order valence-electron chi connectivity index (χ1n) is 10.4. The zero-order chi connectivity index (χ0) is 19.4. The van der Waals surface area contributed by atoms with Crippen LogP contribution in [0.5, 0.6) is 0 Å². The topological polar surface area (TPSA) is 57.6 Å². The van der Waals surface area contributed by atoms with Gasteiger partial charge in [-0.2, -0.15) is 8.42 Å². The minimum atomic E-state index is -3.70. The Balaban J connectivity index is 0. The average molecular weight is 380 g/mol. The van der Waals surface area contributed by atoms with E-state index >= 15 is 0 Å². The SMILES string of the molecule is CCCCCCCCCCCCN(C)C.CCCCCCS(=O)(=O)O. The van der Waals surface area contributed by atoms with Gasteiger partial charge in [0.1, 0.15) is 0 Å². The van der Waals surface area contributed by atoms with Crippen LogP contribution in [0.2, 0.25) is 0 Å². The van der Waals surface area contributed by atoms with E-state index in [1.165, 1.54) is 70.8 Å². The molecule has 154 valence electrons. The van der Waals surface area contributed by atoms with Crippen LogP contribution >= 0.6 is 0 Å². The highest BCUT2D eigenvalue weighted by atomic mass is 32.2. The molecule has 0 aliphatic heterocycles. The van der Waals surface area contributed by atoms with Gasteiger partial charge in [0, 0.05) is 0 Å². The first-order valence-corrected chi connectivity index (χ1v) is 12.0. The quantitative estimate of drug-likeness (QED) is 0.267. The van der Waals surface area contributed by atoms with Crippen molar-refractivity contribution in [3.8, 4) is 0 Å². The summed E-state index contributed by atoms with van der Waals surface area (Å²) >= 11 is 0. The molecule has 0 radical (unpaired) electrons. The van der Waals surface area contributed by atoms with E-state index in [1.54, 1.807) is 0 Å². The Bertz CT molecular complexity index is 343. The van der Waals surface area contributed by atoms with Crippen molar-refractivity contribution >= 4 is 10.1 Å². The van der Waals surface area contributed by atoms with Gasteiger partial charge in [-0.05, 0) is 33.5 Å². The summed E-state index contributed by atoms with van der Waals surface area (Å²) in [5, 5.41) is 0. The summed E-state index contributed by atoms with van der Waals surface area (Å²) in [4.78, 5) is 2.28. The molecular weight excluding hydrogens is 334 g/mol. The fraction of sp³-hybridized carbons (Fsp3) is 1.00. The molecule has 0 heterocycles. The van der Waals surface area contributed by atoms with Gasteiger partial charge >= 0.3 is 0 Å². The van der Waals surface area contributed by atoms with Crippen molar-refractivity contribution < 1.29 is 13.0 Å². The Morgan fingerprint density at radius 1 is 0.640 bits per heavy atom. The maximum Gasteiger partial charge on any atom is 0.264 e. The third-order valence-corrected chi connectivity index (χ3v) is 5.02. The van der Waals surface area contributed by atoms with Crippen LogP contribution < -0.4 is 0 Å². The molecule has 0 atom stereocenters. The molecule has 0 fully saturated rings. The van der Waals surface area contributed by atoms with Crippen LogP contribution in [-0.4, -0.2) is 44.3 Å². The molecule has 4 nitrogen and oxygen atoms in total. The van der Waals surface area contributed by atoms with Crippen molar-refractivity contribution in [2.45, 2.75) is 104 Å². The molecule has 25 heavy (non-hydrogen) atoms. The highest BCUT2D eigenvalue weighted by molar-refractivity contribution is 7.85. The van der Waals surface area contributed by atoms with Gasteiger partial charge < -0.3 is 4.90 Å². The maximum atomic E-state index is 10.1. The largest absolute Gasteiger partial charge is 0.309 e. The molecule has 0 rings (SSSR count). The molecule has 0 aromatic carbocycles. The highest BCUT2D eigenvalue weighted by Gasteiger charge is 2.01. The van der Waals surface area contributed by atoms with Gasteiger partial charge in [0.2, 0.25) is 0 Å². The molecular formula is C20H45NO3S. The summed E-state index contributed by atoms with van der Waals surface area (Å²) in [5.41, 5.74) is 0.